The summed E-state index contributed by atoms with van der Waals surface area (Å²) in [6.07, 6.45) is 12.8. The van der Waals surface area contributed by atoms with E-state index in [0.29, 0.717) is 34.5 Å². The number of carbonyl (C=O) groups excluding carboxylic acids is 1. The second kappa shape index (κ2) is 6.88. The molecule has 1 aliphatic heterocycles. The summed E-state index contributed by atoms with van der Waals surface area (Å²) in [5, 5.41) is 2.84. The van der Waals surface area contributed by atoms with Crippen LogP contribution in [0.3, 0.4) is 0 Å². The second-order valence-corrected chi connectivity index (χ2v) is 8.63. The molecule has 0 saturated heterocycles. The smallest absolute Gasteiger partial charge is 0.242 e. The van der Waals surface area contributed by atoms with Gasteiger partial charge in [-0.25, -0.2) is 24.3 Å². The third-order valence-electron chi connectivity index (χ3n) is 6.63. The van der Waals surface area contributed by atoms with Crippen LogP contribution < -0.4 is 5.32 Å². The lowest BCUT2D eigenvalue weighted by atomic mass is 9.81. The van der Waals surface area contributed by atoms with E-state index in [1.165, 1.54) is 31.4 Å². The first-order valence-electron chi connectivity index (χ1n) is 10.7. The molecule has 8 nitrogen and oxygen atoms in total. The van der Waals surface area contributed by atoms with Crippen molar-refractivity contribution in [1.82, 2.24) is 29.3 Å². The summed E-state index contributed by atoms with van der Waals surface area (Å²) in [5.74, 6) is 0.748. The molecule has 1 saturated carbocycles. The van der Waals surface area contributed by atoms with Crippen molar-refractivity contribution in [2.45, 2.75) is 38.0 Å². The summed E-state index contributed by atoms with van der Waals surface area (Å²) < 4.78 is 15.3. The van der Waals surface area contributed by atoms with Gasteiger partial charge in [-0.15, -0.1) is 0 Å². The van der Waals surface area contributed by atoms with Crippen molar-refractivity contribution in [3.8, 4) is 11.5 Å². The van der Waals surface area contributed by atoms with E-state index in [2.05, 4.69) is 25.3 Å². The Labute approximate surface area is 183 Å². The lowest BCUT2D eigenvalue weighted by molar-refractivity contribution is -0.119. The van der Waals surface area contributed by atoms with Gasteiger partial charge in [-0.3, -0.25) is 9.78 Å². The van der Waals surface area contributed by atoms with E-state index in [9.17, 15) is 9.18 Å². The number of carbonyl (C=O) groups is 1. The Bertz CT molecular complexity index is 1360. The summed E-state index contributed by atoms with van der Waals surface area (Å²) in [6.45, 7) is 1.74. The topological polar surface area (TPSA) is 98.0 Å². The number of nitrogens with one attached hydrogen (secondary N) is 1. The normalized spacial score (nSPS) is 20.2. The van der Waals surface area contributed by atoms with E-state index in [-0.39, 0.29) is 5.91 Å². The lowest BCUT2D eigenvalue weighted by Gasteiger charge is -2.25. The van der Waals surface area contributed by atoms with Crippen molar-refractivity contribution in [3.63, 3.8) is 0 Å². The Hall–Kier alpha value is -3.75. The van der Waals surface area contributed by atoms with Gasteiger partial charge in [-0.1, -0.05) is 19.3 Å². The molecule has 6 rings (SSSR count). The second-order valence-electron chi connectivity index (χ2n) is 8.63. The predicted octanol–water partition coefficient (Wildman–Crippen LogP) is 3.32. The molecule has 1 fully saturated rings. The molecule has 4 aromatic heterocycles. The number of pyridine rings is 1. The van der Waals surface area contributed by atoms with Crippen molar-refractivity contribution < 1.29 is 9.18 Å². The number of hydrogen-bond donors (Lipinski definition) is 1. The van der Waals surface area contributed by atoms with Crippen LogP contribution in [0, 0.1) is 11.7 Å². The van der Waals surface area contributed by atoms with Crippen LogP contribution in [0.4, 0.5) is 10.2 Å². The number of halogens is 1. The van der Waals surface area contributed by atoms with Crippen LogP contribution in [0.2, 0.25) is 0 Å². The number of fused-ring (bicyclic) bond motifs is 2. The highest BCUT2D eigenvalue weighted by molar-refractivity contribution is 6.07. The molecule has 4 aromatic rings. The molecular formula is C23H20FN7O. The molecule has 9 heteroatoms. The number of amides is 1. The molecule has 1 atom stereocenters. The highest BCUT2D eigenvalue weighted by Crippen LogP contribution is 2.41. The first kappa shape index (κ1) is 19.0. The van der Waals surface area contributed by atoms with Crippen molar-refractivity contribution in [3.05, 3.63) is 65.9 Å². The van der Waals surface area contributed by atoms with Crippen molar-refractivity contribution in [2.75, 3.05) is 5.32 Å². The number of aromatic nitrogens is 6. The molecule has 2 aliphatic rings. The van der Waals surface area contributed by atoms with E-state index in [0.717, 1.165) is 24.0 Å². The van der Waals surface area contributed by atoms with Gasteiger partial charge >= 0.3 is 0 Å². The van der Waals surface area contributed by atoms with Crippen LogP contribution in [-0.4, -0.2) is 35.2 Å². The van der Waals surface area contributed by atoms with Gasteiger partial charge in [0.1, 0.15) is 22.7 Å². The number of hydrogen-bond acceptors (Lipinski definition) is 6. The minimum Gasteiger partial charge on any atom is -0.309 e. The summed E-state index contributed by atoms with van der Waals surface area (Å²) in [6, 6.07) is 2.81. The zero-order valence-electron chi connectivity index (χ0n) is 17.4. The molecule has 0 bridgehead atoms. The first-order valence-corrected chi connectivity index (χ1v) is 10.7. The number of anilines is 1. The van der Waals surface area contributed by atoms with Gasteiger partial charge in [-0.05, 0) is 31.4 Å². The molecule has 5 heterocycles. The largest absolute Gasteiger partial charge is 0.309 e. The number of imidazole rings is 1. The van der Waals surface area contributed by atoms with E-state index in [4.69, 9.17) is 4.98 Å². The van der Waals surface area contributed by atoms with Crippen LogP contribution in [0.15, 0.2) is 43.1 Å². The van der Waals surface area contributed by atoms with Crippen LogP contribution in [0.25, 0.3) is 17.2 Å². The summed E-state index contributed by atoms with van der Waals surface area (Å²) in [5.41, 5.74) is 2.35. The zero-order valence-corrected chi connectivity index (χ0v) is 17.4. The molecule has 0 radical (unpaired) electrons. The molecule has 0 spiro atoms. The number of nitrogens with zero attached hydrogens (tertiary/aromatic N) is 6. The van der Waals surface area contributed by atoms with Gasteiger partial charge in [0.15, 0.2) is 11.5 Å². The SMILES string of the molecule is CC1(c2ccc(F)cn2)C(=O)Nc2nc(-c3cn4ccnc4c(CC4CCC4)n3)ncc21. The average molecular weight is 429 g/mol. The maximum Gasteiger partial charge on any atom is 0.242 e. The lowest BCUT2D eigenvalue weighted by Crippen LogP contribution is -2.33. The molecule has 160 valence electrons. The van der Waals surface area contributed by atoms with E-state index in [1.54, 1.807) is 19.3 Å². The first-order chi connectivity index (χ1) is 15.5. The maximum absolute atomic E-state index is 13.4. The van der Waals surface area contributed by atoms with Crippen LogP contribution in [0.1, 0.15) is 43.1 Å². The van der Waals surface area contributed by atoms with E-state index >= 15 is 0 Å². The molecule has 1 unspecified atom stereocenters. The summed E-state index contributed by atoms with van der Waals surface area (Å²) >= 11 is 0. The molecule has 1 amide bonds. The maximum atomic E-state index is 13.4. The third-order valence-corrected chi connectivity index (χ3v) is 6.63. The zero-order chi connectivity index (χ0) is 21.9. The quantitative estimate of drug-likeness (QED) is 0.534. The summed E-state index contributed by atoms with van der Waals surface area (Å²) in [7, 11) is 0. The van der Waals surface area contributed by atoms with Crippen molar-refractivity contribution in [2.24, 2.45) is 5.92 Å². The van der Waals surface area contributed by atoms with Crippen LogP contribution >= 0.6 is 0 Å². The molecular weight excluding hydrogens is 409 g/mol. The van der Waals surface area contributed by atoms with E-state index in [1.807, 2.05) is 16.8 Å². The Morgan fingerprint density at radius 3 is 2.81 bits per heavy atom. The van der Waals surface area contributed by atoms with Gasteiger partial charge < -0.3 is 9.72 Å². The van der Waals surface area contributed by atoms with Crippen molar-refractivity contribution in [1.29, 1.82) is 0 Å². The fourth-order valence-corrected chi connectivity index (χ4v) is 4.46. The monoisotopic (exact) mass is 429 g/mol. The van der Waals surface area contributed by atoms with Crippen molar-refractivity contribution >= 4 is 17.4 Å². The summed E-state index contributed by atoms with van der Waals surface area (Å²) in [4.78, 5) is 35.5. The molecule has 1 N–H and O–H groups in total. The van der Waals surface area contributed by atoms with Gasteiger partial charge in [0.25, 0.3) is 0 Å². The van der Waals surface area contributed by atoms with E-state index < -0.39 is 11.2 Å². The predicted molar refractivity (Wildman–Crippen MR) is 114 cm³/mol. The van der Waals surface area contributed by atoms with Gasteiger partial charge in [0.05, 0.1) is 17.6 Å². The average Bonchev–Trinajstić information content (AvgIpc) is 3.34. The fraction of sp³-hybridized carbons (Fsp3) is 0.304. The molecule has 32 heavy (non-hydrogen) atoms. The Morgan fingerprint density at radius 2 is 2.06 bits per heavy atom. The minimum atomic E-state index is -1.10. The standard InChI is InChI=1S/C23H20FN7O/c1-23(18-6-5-14(24)10-26-18)15-11-27-20(29-19(15)30-22(23)32)17-12-31-8-7-25-21(31)16(28-17)9-13-3-2-4-13/h5-8,10-13H,2-4,9H2,1H3,(H,27,29,30,32). The highest BCUT2D eigenvalue weighted by Gasteiger charge is 2.46. The van der Waals surface area contributed by atoms with Gasteiger partial charge in [0, 0.05) is 30.4 Å². The Kier molecular flexibility index (Phi) is 4.08. The molecule has 1 aliphatic carbocycles. The van der Waals surface area contributed by atoms with Gasteiger partial charge in [-0.2, -0.15) is 0 Å². The Morgan fingerprint density at radius 1 is 1.19 bits per heavy atom. The fourth-order valence-electron chi connectivity index (χ4n) is 4.46. The molecule has 0 aromatic carbocycles. The van der Waals surface area contributed by atoms with Crippen LogP contribution in [0.5, 0.6) is 0 Å². The third kappa shape index (κ3) is 2.80. The Balaban J connectivity index is 1.42. The van der Waals surface area contributed by atoms with Crippen LogP contribution in [-0.2, 0) is 16.6 Å². The van der Waals surface area contributed by atoms with Gasteiger partial charge in [0.2, 0.25) is 5.91 Å². The number of rotatable bonds is 4. The minimum absolute atomic E-state index is 0.276. The highest BCUT2D eigenvalue weighted by atomic mass is 19.1.